The van der Waals surface area contributed by atoms with Gasteiger partial charge in [-0.3, -0.25) is 4.90 Å². The molecule has 1 aromatic rings. The van der Waals surface area contributed by atoms with Crippen LogP contribution in [0.2, 0.25) is 0 Å². The third-order valence-electron chi connectivity index (χ3n) is 5.37. The largest absolute Gasteiger partial charge is 0.391 e. The van der Waals surface area contributed by atoms with Crippen molar-refractivity contribution in [3.05, 3.63) is 18.2 Å². The fourth-order valence-corrected chi connectivity index (χ4v) is 4.14. The van der Waals surface area contributed by atoms with Crippen molar-refractivity contribution in [2.45, 2.75) is 63.0 Å². The van der Waals surface area contributed by atoms with Crippen molar-refractivity contribution in [1.82, 2.24) is 14.5 Å². The SMILES string of the molecule is Cn1ccnc1CC(O)C1(N2CCCCC2)CCCC1. The predicted molar refractivity (Wildman–Crippen MR) is 79.5 cm³/mol. The Morgan fingerprint density at radius 1 is 1.20 bits per heavy atom. The minimum Gasteiger partial charge on any atom is -0.391 e. The zero-order valence-corrected chi connectivity index (χ0v) is 12.6. The van der Waals surface area contributed by atoms with Gasteiger partial charge in [-0.1, -0.05) is 19.3 Å². The van der Waals surface area contributed by atoms with E-state index in [2.05, 4.69) is 9.88 Å². The Morgan fingerprint density at radius 3 is 2.50 bits per heavy atom. The highest BCUT2D eigenvalue weighted by Crippen LogP contribution is 2.40. The molecule has 4 heteroatoms. The highest BCUT2D eigenvalue weighted by Gasteiger charge is 2.45. The minimum absolute atomic E-state index is 0.0202. The van der Waals surface area contributed by atoms with Gasteiger partial charge in [0.25, 0.3) is 0 Å². The number of nitrogens with zero attached hydrogens (tertiary/aromatic N) is 3. The van der Waals surface area contributed by atoms with Crippen molar-refractivity contribution < 1.29 is 5.11 Å². The second-order valence-electron chi connectivity index (χ2n) is 6.53. The third kappa shape index (κ3) is 2.51. The van der Waals surface area contributed by atoms with E-state index in [9.17, 15) is 5.11 Å². The quantitative estimate of drug-likeness (QED) is 0.916. The van der Waals surface area contributed by atoms with Gasteiger partial charge in [0.1, 0.15) is 5.82 Å². The smallest absolute Gasteiger partial charge is 0.111 e. The van der Waals surface area contributed by atoms with Gasteiger partial charge in [-0.2, -0.15) is 0 Å². The lowest BCUT2D eigenvalue weighted by atomic mass is 9.84. The van der Waals surface area contributed by atoms with E-state index in [1.807, 2.05) is 24.0 Å². The molecule has 3 rings (SSSR count). The minimum atomic E-state index is -0.288. The summed E-state index contributed by atoms with van der Waals surface area (Å²) in [6, 6.07) is 0. The van der Waals surface area contributed by atoms with Crippen molar-refractivity contribution in [2.75, 3.05) is 13.1 Å². The topological polar surface area (TPSA) is 41.3 Å². The number of hydrogen-bond acceptors (Lipinski definition) is 3. The first-order valence-corrected chi connectivity index (χ1v) is 8.12. The number of rotatable bonds is 4. The summed E-state index contributed by atoms with van der Waals surface area (Å²) in [5, 5.41) is 11.0. The van der Waals surface area contributed by atoms with Gasteiger partial charge in [0, 0.05) is 31.4 Å². The summed E-state index contributed by atoms with van der Waals surface area (Å²) < 4.78 is 2.03. The van der Waals surface area contributed by atoms with E-state index in [0.717, 1.165) is 31.8 Å². The van der Waals surface area contributed by atoms with Crippen LogP contribution in [0.5, 0.6) is 0 Å². The molecule has 1 atom stereocenters. The zero-order valence-electron chi connectivity index (χ0n) is 12.6. The second kappa shape index (κ2) is 5.86. The first kappa shape index (κ1) is 14.1. The molecule has 1 aliphatic carbocycles. The van der Waals surface area contributed by atoms with Crippen LogP contribution < -0.4 is 0 Å². The molecule has 2 heterocycles. The van der Waals surface area contributed by atoms with Crippen molar-refractivity contribution in [3.8, 4) is 0 Å². The monoisotopic (exact) mass is 277 g/mol. The normalized spacial score (nSPS) is 24.9. The van der Waals surface area contributed by atoms with Crippen LogP contribution in [0.15, 0.2) is 12.4 Å². The van der Waals surface area contributed by atoms with Crippen LogP contribution in [-0.4, -0.2) is 44.3 Å². The van der Waals surface area contributed by atoms with E-state index in [1.165, 1.54) is 32.1 Å². The molecule has 0 bridgehead atoms. The number of likely N-dealkylation sites (tertiary alicyclic amines) is 1. The van der Waals surface area contributed by atoms with Gasteiger partial charge in [-0.15, -0.1) is 0 Å². The maximum Gasteiger partial charge on any atom is 0.111 e. The summed E-state index contributed by atoms with van der Waals surface area (Å²) in [7, 11) is 2.01. The molecule has 0 spiro atoms. The molecule has 1 aromatic heterocycles. The molecule has 0 amide bonds. The molecular formula is C16H27N3O. The number of imidazole rings is 1. The van der Waals surface area contributed by atoms with Crippen LogP contribution in [0, 0.1) is 0 Å². The Hall–Kier alpha value is -0.870. The lowest BCUT2D eigenvalue weighted by Gasteiger charge is -2.46. The van der Waals surface area contributed by atoms with Crippen molar-refractivity contribution in [1.29, 1.82) is 0 Å². The summed E-state index contributed by atoms with van der Waals surface area (Å²) in [5.74, 6) is 1.00. The average molecular weight is 277 g/mol. The van der Waals surface area contributed by atoms with E-state index in [-0.39, 0.29) is 11.6 Å². The van der Waals surface area contributed by atoms with E-state index in [0.29, 0.717) is 6.42 Å². The third-order valence-corrected chi connectivity index (χ3v) is 5.37. The summed E-state index contributed by atoms with van der Waals surface area (Å²) in [4.78, 5) is 6.98. The van der Waals surface area contributed by atoms with E-state index >= 15 is 0 Å². The first-order valence-electron chi connectivity index (χ1n) is 8.12. The van der Waals surface area contributed by atoms with Gasteiger partial charge in [0.2, 0.25) is 0 Å². The molecule has 1 aliphatic heterocycles. The fourth-order valence-electron chi connectivity index (χ4n) is 4.14. The summed E-state index contributed by atoms with van der Waals surface area (Å²) in [5.41, 5.74) is 0.0202. The van der Waals surface area contributed by atoms with Crippen LogP contribution in [0.3, 0.4) is 0 Å². The van der Waals surface area contributed by atoms with Crippen LogP contribution >= 0.6 is 0 Å². The molecule has 1 N–H and O–H groups in total. The molecule has 1 unspecified atom stereocenters. The van der Waals surface area contributed by atoms with Crippen molar-refractivity contribution in [2.24, 2.45) is 7.05 Å². The standard InChI is InChI=1S/C16H27N3O/c1-18-12-9-17-15(18)13-14(20)16(7-3-4-8-16)19-10-5-2-6-11-19/h9,12,14,20H,2-8,10-11,13H2,1H3. The van der Waals surface area contributed by atoms with Gasteiger partial charge >= 0.3 is 0 Å². The average Bonchev–Trinajstić information content (AvgIpc) is 3.11. The molecule has 0 radical (unpaired) electrons. The molecule has 112 valence electrons. The fraction of sp³-hybridized carbons (Fsp3) is 0.812. The van der Waals surface area contributed by atoms with Gasteiger partial charge < -0.3 is 9.67 Å². The number of aliphatic hydroxyl groups is 1. The summed E-state index contributed by atoms with van der Waals surface area (Å²) in [6.45, 7) is 2.33. The van der Waals surface area contributed by atoms with Crippen LogP contribution in [0.4, 0.5) is 0 Å². The van der Waals surface area contributed by atoms with Crippen molar-refractivity contribution >= 4 is 0 Å². The van der Waals surface area contributed by atoms with Gasteiger partial charge in [0.05, 0.1) is 6.10 Å². The zero-order chi connectivity index (χ0) is 14.0. The summed E-state index contributed by atoms with van der Waals surface area (Å²) in [6.07, 6.45) is 12.9. The van der Waals surface area contributed by atoms with Crippen molar-refractivity contribution in [3.63, 3.8) is 0 Å². The van der Waals surface area contributed by atoms with E-state index in [1.54, 1.807) is 0 Å². The molecule has 0 aromatic carbocycles. The van der Waals surface area contributed by atoms with E-state index in [4.69, 9.17) is 0 Å². The Morgan fingerprint density at radius 2 is 1.90 bits per heavy atom. The van der Waals surface area contributed by atoms with Crippen LogP contribution in [0.1, 0.15) is 50.8 Å². The van der Waals surface area contributed by atoms with Gasteiger partial charge in [-0.05, 0) is 38.8 Å². The molecular weight excluding hydrogens is 250 g/mol. The highest BCUT2D eigenvalue weighted by atomic mass is 16.3. The molecule has 2 fully saturated rings. The maximum atomic E-state index is 11.0. The number of aliphatic hydroxyl groups excluding tert-OH is 1. The van der Waals surface area contributed by atoms with Gasteiger partial charge in [-0.25, -0.2) is 4.98 Å². The first-order chi connectivity index (χ1) is 9.72. The molecule has 1 saturated carbocycles. The highest BCUT2D eigenvalue weighted by molar-refractivity contribution is 5.05. The number of hydrogen-bond donors (Lipinski definition) is 1. The Bertz CT molecular complexity index is 431. The Balaban J connectivity index is 1.77. The Kier molecular flexibility index (Phi) is 4.13. The van der Waals surface area contributed by atoms with Crippen LogP contribution in [-0.2, 0) is 13.5 Å². The summed E-state index contributed by atoms with van der Waals surface area (Å²) >= 11 is 0. The second-order valence-corrected chi connectivity index (χ2v) is 6.53. The van der Waals surface area contributed by atoms with E-state index < -0.39 is 0 Å². The predicted octanol–water partition coefficient (Wildman–Crippen LogP) is 2.12. The number of aryl methyl sites for hydroxylation is 1. The molecule has 1 saturated heterocycles. The lowest BCUT2D eigenvalue weighted by Crippen LogP contribution is -2.57. The maximum absolute atomic E-state index is 11.0. The number of piperidine rings is 1. The molecule has 20 heavy (non-hydrogen) atoms. The van der Waals surface area contributed by atoms with Crippen LogP contribution in [0.25, 0.3) is 0 Å². The Labute approximate surface area is 121 Å². The molecule has 2 aliphatic rings. The number of aromatic nitrogens is 2. The molecule has 4 nitrogen and oxygen atoms in total. The van der Waals surface area contributed by atoms with Gasteiger partial charge in [0.15, 0.2) is 0 Å². The lowest BCUT2D eigenvalue weighted by molar-refractivity contribution is -0.0391.